The number of hydrogen-bond acceptors (Lipinski definition) is 5. The van der Waals surface area contributed by atoms with Gasteiger partial charge in [-0.05, 0) is 149 Å². The van der Waals surface area contributed by atoms with Crippen LogP contribution in [0.5, 0.6) is 23.0 Å². The molecule has 0 radical (unpaired) electrons. The van der Waals surface area contributed by atoms with Gasteiger partial charge in [-0.2, -0.15) is 0 Å². The van der Waals surface area contributed by atoms with Crippen molar-refractivity contribution in [2.75, 3.05) is 9.80 Å². The Bertz CT molecular complexity index is 3740. The Morgan fingerprint density at radius 1 is 0.452 bits per heavy atom. The van der Waals surface area contributed by atoms with Crippen LogP contribution in [0.15, 0.2) is 247 Å². The van der Waals surface area contributed by atoms with Crippen LogP contribution in [0.2, 0.25) is 0 Å². The van der Waals surface area contributed by atoms with E-state index in [1.54, 1.807) is 0 Å². The predicted octanol–water partition coefficient (Wildman–Crippen LogP) is 16.5. The fourth-order valence-electron chi connectivity index (χ4n) is 10.9. The average molecular weight is 941 g/mol. The van der Waals surface area contributed by atoms with E-state index in [2.05, 4.69) is 260 Å². The first-order valence-corrected chi connectivity index (χ1v) is 24.9. The lowest BCUT2D eigenvalue weighted by atomic mass is 9.36. The van der Waals surface area contributed by atoms with E-state index in [1.807, 2.05) is 13.0 Å². The maximum atomic E-state index is 7.15. The lowest BCUT2D eigenvalue weighted by Crippen LogP contribution is -2.59. The molecule has 1 aromatic heterocycles. The van der Waals surface area contributed by atoms with Gasteiger partial charge in [0.25, 0.3) is 0 Å². The highest BCUT2D eigenvalue weighted by Gasteiger charge is 2.46. The van der Waals surface area contributed by atoms with Gasteiger partial charge in [-0.15, -0.1) is 0 Å². The van der Waals surface area contributed by atoms with Crippen LogP contribution in [-0.2, 0) is 0 Å². The van der Waals surface area contributed by atoms with Crippen molar-refractivity contribution in [3.63, 3.8) is 0 Å². The molecule has 3 heterocycles. The van der Waals surface area contributed by atoms with Gasteiger partial charge in [0, 0.05) is 39.5 Å². The molecule has 2 aliphatic rings. The molecule has 6 heteroatoms. The van der Waals surface area contributed by atoms with Gasteiger partial charge in [0.1, 0.15) is 22.9 Å². The van der Waals surface area contributed by atoms with Gasteiger partial charge >= 0.3 is 6.71 Å². The summed E-state index contributed by atoms with van der Waals surface area (Å²) in [5, 5.41) is 0. The summed E-state index contributed by atoms with van der Waals surface area (Å²) in [5.74, 6) is 3.28. The zero-order valence-corrected chi connectivity index (χ0v) is 40.8. The fourth-order valence-corrected chi connectivity index (χ4v) is 10.9. The van der Waals surface area contributed by atoms with Gasteiger partial charge in [0.15, 0.2) is 0 Å². The molecule has 5 nitrogen and oxygen atoms in total. The molecule has 0 unspecified atom stereocenters. The molecule has 348 valence electrons. The van der Waals surface area contributed by atoms with Crippen molar-refractivity contribution in [2.45, 2.75) is 20.8 Å². The van der Waals surface area contributed by atoms with E-state index in [0.717, 1.165) is 112 Å². The number of hydrogen-bond donors (Lipinski definition) is 0. The Kier molecular flexibility index (Phi) is 10.9. The highest BCUT2D eigenvalue weighted by Crippen LogP contribution is 2.49. The first-order valence-electron chi connectivity index (χ1n) is 24.9. The molecule has 2 aliphatic heterocycles. The fraction of sp³-hybridized carbons (Fsp3) is 0.0448. The Morgan fingerprint density at radius 3 is 1.56 bits per heavy atom. The first kappa shape index (κ1) is 43.7. The lowest BCUT2D eigenvalue weighted by molar-refractivity contribution is 0.419. The zero-order chi connectivity index (χ0) is 49.0. The maximum Gasteiger partial charge on any atom is 0.301 e. The van der Waals surface area contributed by atoms with Crippen molar-refractivity contribution < 1.29 is 13.9 Å². The predicted molar refractivity (Wildman–Crippen MR) is 302 cm³/mol. The molecular weight excluding hydrogens is 892 g/mol. The normalized spacial score (nSPS) is 12.1. The second kappa shape index (κ2) is 18.2. The van der Waals surface area contributed by atoms with E-state index in [9.17, 15) is 0 Å². The van der Waals surface area contributed by atoms with Crippen molar-refractivity contribution in [2.24, 2.45) is 0 Å². The molecule has 0 atom stereocenters. The van der Waals surface area contributed by atoms with Crippen molar-refractivity contribution >= 4 is 57.4 Å². The molecule has 73 heavy (non-hydrogen) atoms. The van der Waals surface area contributed by atoms with Crippen LogP contribution in [0.1, 0.15) is 16.9 Å². The summed E-state index contributed by atoms with van der Waals surface area (Å²) >= 11 is 0. The number of anilines is 6. The quantitative estimate of drug-likeness (QED) is 0.128. The van der Waals surface area contributed by atoms with E-state index >= 15 is 0 Å². The van der Waals surface area contributed by atoms with E-state index in [0.29, 0.717) is 23.0 Å². The van der Waals surface area contributed by atoms with Crippen molar-refractivity contribution in [3.05, 3.63) is 260 Å². The Labute approximate surface area is 426 Å². The van der Waals surface area contributed by atoms with E-state index in [-0.39, 0.29) is 6.71 Å². The van der Waals surface area contributed by atoms with Crippen molar-refractivity contribution in [3.8, 4) is 67.5 Å². The van der Waals surface area contributed by atoms with Gasteiger partial charge < -0.3 is 23.7 Å². The van der Waals surface area contributed by atoms with Crippen LogP contribution < -0.4 is 35.9 Å². The molecule has 10 aromatic carbocycles. The van der Waals surface area contributed by atoms with Gasteiger partial charge in [0.2, 0.25) is 11.5 Å². The summed E-state index contributed by atoms with van der Waals surface area (Å²) in [4.78, 5) is 4.75. The third-order valence-electron chi connectivity index (χ3n) is 14.4. The highest BCUT2D eigenvalue weighted by atomic mass is 16.5. The van der Waals surface area contributed by atoms with E-state index < -0.39 is 0 Å². The molecule has 11 aromatic rings. The van der Waals surface area contributed by atoms with Gasteiger partial charge in [-0.3, -0.25) is 0 Å². The summed E-state index contributed by atoms with van der Waals surface area (Å²) in [6, 6.07) is 86.2. The molecule has 0 amide bonds. The van der Waals surface area contributed by atoms with E-state index in [1.165, 1.54) is 0 Å². The molecule has 0 N–H and O–H groups in total. The molecular formula is C67H49BN2O3. The van der Waals surface area contributed by atoms with Crippen LogP contribution in [0.4, 0.5) is 34.1 Å². The number of rotatable bonds is 10. The summed E-state index contributed by atoms with van der Waals surface area (Å²) < 4.78 is 21.1. The number of fused-ring (bicyclic) bond motifs is 4. The molecule has 0 spiro atoms. The highest BCUT2D eigenvalue weighted by molar-refractivity contribution is 6.98. The SMILES string of the molecule is Cc1ccccc1N(c1cc(-c2ccccc2)cc(-c2ccccc2)c1)c1cccc(Oc2c(C)oc3c2Oc2cccc4c2B3c2ccccc2N4c2cc(-c3ccccc3)cc(-c3ccccc3)c2)c1C. The molecule has 0 saturated carbocycles. The Morgan fingerprint density at radius 2 is 0.959 bits per heavy atom. The van der Waals surface area contributed by atoms with Crippen LogP contribution in [0, 0.1) is 20.8 Å². The number of para-hydroxylation sites is 2. The molecule has 13 rings (SSSR count). The van der Waals surface area contributed by atoms with Crippen LogP contribution >= 0.6 is 0 Å². The maximum absolute atomic E-state index is 7.15. The standard InChI is InChI=1S/C67H49BN2O3/c1-44-22-16-18-32-58(44)69(55-40-51(47-23-8-4-9-24-47)38-52(41-55)48-25-10-5-11-26-48)59-34-20-36-62(45(59)2)72-65-46(3)71-67-66(65)73-63-37-21-35-61-64(63)68(67)57-31-17-19-33-60(57)70(61)56-42-53(49-27-12-6-13-28-49)39-54(43-56)50-29-14-7-15-30-50/h4-43H,1-3H3. The number of ether oxygens (including phenoxy) is 2. The minimum atomic E-state index is -0.246. The Hall–Kier alpha value is -9.26. The topological polar surface area (TPSA) is 38.1 Å². The molecule has 0 fully saturated rings. The van der Waals surface area contributed by atoms with Gasteiger partial charge in [0.05, 0.1) is 5.69 Å². The van der Waals surface area contributed by atoms with Crippen LogP contribution in [0.3, 0.4) is 0 Å². The second-order valence-corrected chi connectivity index (χ2v) is 18.9. The minimum absolute atomic E-state index is 0.246. The lowest BCUT2D eigenvalue weighted by Gasteiger charge is -2.38. The smallest absolute Gasteiger partial charge is 0.301 e. The van der Waals surface area contributed by atoms with Gasteiger partial charge in [-0.1, -0.05) is 170 Å². The number of nitrogens with zero attached hydrogens (tertiary/aromatic N) is 2. The van der Waals surface area contributed by atoms with Gasteiger partial charge in [-0.25, -0.2) is 0 Å². The van der Waals surface area contributed by atoms with Crippen LogP contribution in [-0.4, -0.2) is 6.71 Å². The number of benzene rings is 10. The third-order valence-corrected chi connectivity index (χ3v) is 14.4. The molecule has 0 aliphatic carbocycles. The number of aryl methyl sites for hydroxylation is 2. The minimum Gasteiger partial charge on any atom is -0.468 e. The van der Waals surface area contributed by atoms with Crippen molar-refractivity contribution in [1.29, 1.82) is 0 Å². The second-order valence-electron chi connectivity index (χ2n) is 18.9. The summed E-state index contributed by atoms with van der Waals surface area (Å²) in [7, 11) is 0. The third kappa shape index (κ3) is 7.76. The zero-order valence-electron chi connectivity index (χ0n) is 40.8. The monoisotopic (exact) mass is 940 g/mol. The largest absolute Gasteiger partial charge is 0.468 e. The molecule has 0 bridgehead atoms. The molecule has 0 saturated heterocycles. The average Bonchev–Trinajstić information content (AvgIpc) is 3.76. The summed E-state index contributed by atoms with van der Waals surface area (Å²) in [5.41, 5.74) is 20.5. The Balaban J connectivity index is 0.918. The summed E-state index contributed by atoms with van der Waals surface area (Å²) in [6.45, 7) is 6.04. The summed E-state index contributed by atoms with van der Waals surface area (Å²) in [6.07, 6.45) is 0. The van der Waals surface area contributed by atoms with Crippen molar-refractivity contribution in [1.82, 2.24) is 0 Å². The first-order chi connectivity index (χ1) is 35.9. The van der Waals surface area contributed by atoms with E-state index in [4.69, 9.17) is 13.9 Å². The van der Waals surface area contributed by atoms with Crippen LogP contribution in [0.25, 0.3) is 44.5 Å². The number of furan rings is 1.